The molecule has 2 heterocycles. The van der Waals surface area contributed by atoms with Gasteiger partial charge in [-0.15, -0.1) is 0 Å². The van der Waals surface area contributed by atoms with Crippen LogP contribution in [0.25, 0.3) is 11.0 Å². The van der Waals surface area contributed by atoms with E-state index in [1.165, 1.54) is 11.8 Å². The number of rotatable bonds is 2. The highest BCUT2D eigenvalue weighted by Crippen LogP contribution is 2.22. The third-order valence-corrected chi connectivity index (χ3v) is 3.96. The fourth-order valence-electron chi connectivity index (χ4n) is 2.65. The Morgan fingerprint density at radius 2 is 2.22 bits per heavy atom. The molecule has 0 aliphatic carbocycles. The third kappa shape index (κ3) is 2.28. The van der Waals surface area contributed by atoms with Crippen molar-refractivity contribution in [2.75, 3.05) is 13.1 Å². The van der Waals surface area contributed by atoms with Crippen LogP contribution in [0.1, 0.15) is 19.1 Å². The SMILES string of the molecule is CC1CCN(Cc2cc3ccccc3o2)CC1N. The van der Waals surface area contributed by atoms with E-state index >= 15 is 0 Å². The predicted octanol–water partition coefficient (Wildman–Crippen LogP) is 2.60. The summed E-state index contributed by atoms with van der Waals surface area (Å²) in [7, 11) is 0. The molecule has 0 saturated carbocycles. The Bertz CT molecular complexity index is 501. The maximum atomic E-state index is 6.13. The number of piperidine rings is 1. The van der Waals surface area contributed by atoms with Crippen LogP contribution >= 0.6 is 0 Å². The van der Waals surface area contributed by atoms with E-state index in [0.717, 1.165) is 31.0 Å². The minimum absolute atomic E-state index is 0.295. The second-order valence-electron chi connectivity index (χ2n) is 5.42. The molecule has 2 atom stereocenters. The second kappa shape index (κ2) is 4.75. The Kier molecular flexibility index (Phi) is 3.10. The normalized spacial score (nSPS) is 25.7. The molecule has 2 N–H and O–H groups in total. The highest BCUT2D eigenvalue weighted by Gasteiger charge is 2.23. The van der Waals surface area contributed by atoms with Crippen molar-refractivity contribution in [1.82, 2.24) is 4.90 Å². The summed E-state index contributed by atoms with van der Waals surface area (Å²) < 4.78 is 5.85. The molecule has 1 aromatic heterocycles. The lowest BCUT2D eigenvalue weighted by molar-refractivity contribution is 0.153. The van der Waals surface area contributed by atoms with Gasteiger partial charge >= 0.3 is 0 Å². The van der Waals surface area contributed by atoms with Gasteiger partial charge < -0.3 is 10.2 Å². The molecule has 2 aromatic rings. The standard InChI is InChI=1S/C15H20N2O/c1-11-6-7-17(10-14(11)16)9-13-8-12-4-2-3-5-15(12)18-13/h2-5,8,11,14H,6-7,9-10,16H2,1H3. The number of hydrogen-bond acceptors (Lipinski definition) is 3. The van der Waals surface area contributed by atoms with Crippen LogP contribution in [-0.2, 0) is 6.54 Å². The molecular weight excluding hydrogens is 224 g/mol. The van der Waals surface area contributed by atoms with E-state index in [4.69, 9.17) is 10.2 Å². The highest BCUT2D eigenvalue weighted by atomic mass is 16.3. The fourth-order valence-corrected chi connectivity index (χ4v) is 2.65. The first-order valence-electron chi connectivity index (χ1n) is 6.68. The maximum absolute atomic E-state index is 6.13. The Hall–Kier alpha value is -1.32. The molecule has 1 aromatic carbocycles. The molecule has 3 heteroatoms. The summed E-state index contributed by atoms with van der Waals surface area (Å²) in [5, 5.41) is 1.18. The van der Waals surface area contributed by atoms with Gasteiger partial charge in [0.1, 0.15) is 11.3 Å². The average Bonchev–Trinajstić information content (AvgIpc) is 2.76. The monoisotopic (exact) mass is 244 g/mol. The highest BCUT2D eigenvalue weighted by molar-refractivity contribution is 5.77. The van der Waals surface area contributed by atoms with Crippen molar-refractivity contribution in [2.24, 2.45) is 11.7 Å². The number of benzene rings is 1. The molecule has 3 rings (SSSR count). The maximum Gasteiger partial charge on any atom is 0.134 e. The summed E-state index contributed by atoms with van der Waals surface area (Å²) in [5.74, 6) is 1.68. The van der Waals surface area contributed by atoms with Gasteiger partial charge in [-0.25, -0.2) is 0 Å². The van der Waals surface area contributed by atoms with E-state index in [9.17, 15) is 0 Å². The molecule has 0 amide bonds. The first kappa shape index (κ1) is 11.8. The van der Waals surface area contributed by atoms with Gasteiger partial charge in [-0.2, -0.15) is 0 Å². The molecule has 1 saturated heterocycles. The van der Waals surface area contributed by atoms with Gasteiger partial charge in [-0.05, 0) is 31.0 Å². The van der Waals surface area contributed by atoms with Crippen molar-refractivity contribution in [3.8, 4) is 0 Å². The van der Waals surface area contributed by atoms with E-state index < -0.39 is 0 Å². The van der Waals surface area contributed by atoms with E-state index in [1.807, 2.05) is 18.2 Å². The van der Waals surface area contributed by atoms with E-state index in [-0.39, 0.29) is 0 Å². The molecule has 1 aliphatic rings. The van der Waals surface area contributed by atoms with E-state index in [0.29, 0.717) is 12.0 Å². The van der Waals surface area contributed by atoms with Crippen LogP contribution in [0.5, 0.6) is 0 Å². The van der Waals surface area contributed by atoms with Crippen LogP contribution in [0.4, 0.5) is 0 Å². The van der Waals surface area contributed by atoms with Crippen LogP contribution in [-0.4, -0.2) is 24.0 Å². The number of furan rings is 1. The van der Waals surface area contributed by atoms with Gasteiger partial charge in [0.15, 0.2) is 0 Å². The molecule has 18 heavy (non-hydrogen) atoms. The number of nitrogens with two attached hydrogens (primary N) is 1. The van der Waals surface area contributed by atoms with Gasteiger partial charge in [0.25, 0.3) is 0 Å². The number of nitrogens with zero attached hydrogens (tertiary/aromatic N) is 1. The number of hydrogen-bond donors (Lipinski definition) is 1. The molecule has 1 aliphatic heterocycles. The Morgan fingerprint density at radius 1 is 1.39 bits per heavy atom. The first-order valence-corrected chi connectivity index (χ1v) is 6.68. The number of para-hydroxylation sites is 1. The lowest BCUT2D eigenvalue weighted by Gasteiger charge is -2.34. The van der Waals surface area contributed by atoms with Crippen LogP contribution in [0, 0.1) is 5.92 Å². The van der Waals surface area contributed by atoms with Gasteiger partial charge in [0.05, 0.1) is 6.54 Å². The summed E-state index contributed by atoms with van der Waals surface area (Å²) in [4.78, 5) is 2.39. The van der Waals surface area contributed by atoms with Crippen LogP contribution in [0.3, 0.4) is 0 Å². The van der Waals surface area contributed by atoms with Crippen molar-refractivity contribution in [3.63, 3.8) is 0 Å². The first-order chi connectivity index (χ1) is 8.72. The van der Waals surface area contributed by atoms with Gasteiger partial charge in [-0.3, -0.25) is 4.90 Å². The predicted molar refractivity (Wildman–Crippen MR) is 73.2 cm³/mol. The smallest absolute Gasteiger partial charge is 0.134 e. The topological polar surface area (TPSA) is 42.4 Å². The van der Waals surface area contributed by atoms with Crippen molar-refractivity contribution in [2.45, 2.75) is 25.9 Å². The Labute approximate surface area is 108 Å². The van der Waals surface area contributed by atoms with Crippen molar-refractivity contribution in [3.05, 3.63) is 36.1 Å². The molecule has 0 radical (unpaired) electrons. The van der Waals surface area contributed by atoms with Gasteiger partial charge in [-0.1, -0.05) is 25.1 Å². The molecule has 3 nitrogen and oxygen atoms in total. The van der Waals surface area contributed by atoms with Gasteiger partial charge in [0, 0.05) is 18.0 Å². The van der Waals surface area contributed by atoms with Gasteiger partial charge in [0.2, 0.25) is 0 Å². The summed E-state index contributed by atoms with van der Waals surface area (Å²) in [6.45, 7) is 5.20. The molecule has 1 fully saturated rings. The summed E-state index contributed by atoms with van der Waals surface area (Å²) in [5.41, 5.74) is 7.10. The zero-order valence-corrected chi connectivity index (χ0v) is 10.8. The van der Waals surface area contributed by atoms with Crippen molar-refractivity contribution in [1.29, 1.82) is 0 Å². The summed E-state index contributed by atoms with van der Waals surface area (Å²) >= 11 is 0. The molecular formula is C15H20N2O. The summed E-state index contributed by atoms with van der Waals surface area (Å²) in [6, 6.07) is 10.6. The quantitative estimate of drug-likeness (QED) is 0.883. The molecule has 0 bridgehead atoms. The molecule has 2 unspecified atom stereocenters. The zero-order chi connectivity index (χ0) is 12.5. The van der Waals surface area contributed by atoms with Crippen molar-refractivity contribution >= 4 is 11.0 Å². The molecule has 0 spiro atoms. The summed E-state index contributed by atoms with van der Waals surface area (Å²) in [6.07, 6.45) is 1.18. The average molecular weight is 244 g/mol. The molecule has 96 valence electrons. The van der Waals surface area contributed by atoms with Crippen LogP contribution in [0.2, 0.25) is 0 Å². The minimum Gasteiger partial charge on any atom is -0.460 e. The van der Waals surface area contributed by atoms with Crippen LogP contribution in [0.15, 0.2) is 34.7 Å². The lowest BCUT2D eigenvalue weighted by atomic mass is 9.94. The zero-order valence-electron chi connectivity index (χ0n) is 10.8. The van der Waals surface area contributed by atoms with Crippen LogP contribution < -0.4 is 5.73 Å². The third-order valence-electron chi connectivity index (χ3n) is 3.96. The van der Waals surface area contributed by atoms with E-state index in [2.05, 4.69) is 24.0 Å². The Morgan fingerprint density at radius 3 is 3.00 bits per heavy atom. The fraction of sp³-hybridized carbons (Fsp3) is 0.467. The Balaban J connectivity index is 1.72. The minimum atomic E-state index is 0.295. The largest absolute Gasteiger partial charge is 0.460 e. The lowest BCUT2D eigenvalue weighted by Crippen LogP contribution is -2.47. The van der Waals surface area contributed by atoms with Crippen molar-refractivity contribution < 1.29 is 4.42 Å². The second-order valence-corrected chi connectivity index (χ2v) is 5.42. The number of fused-ring (bicyclic) bond motifs is 1. The number of likely N-dealkylation sites (tertiary alicyclic amines) is 1. The van der Waals surface area contributed by atoms with E-state index in [1.54, 1.807) is 0 Å².